The van der Waals surface area contributed by atoms with E-state index in [1.54, 1.807) is 18.9 Å². The van der Waals surface area contributed by atoms with Gasteiger partial charge >= 0.3 is 0 Å². The van der Waals surface area contributed by atoms with Crippen LogP contribution in [0.5, 0.6) is 23.0 Å². The summed E-state index contributed by atoms with van der Waals surface area (Å²) >= 11 is 1.76. The fraction of sp³-hybridized carbons (Fsp3) is 0.388. The van der Waals surface area contributed by atoms with Crippen LogP contribution in [0.2, 0.25) is 0 Å². The number of hydrogen-bond acceptors (Lipinski definition) is 7. The maximum absolute atomic E-state index is 9.42. The molecule has 9 rings (SSSR count). The van der Waals surface area contributed by atoms with Crippen LogP contribution in [0.3, 0.4) is 0 Å². The molecular weight excluding hydrogens is 717 g/mol. The van der Waals surface area contributed by atoms with Crippen molar-refractivity contribution in [2.24, 2.45) is 5.41 Å². The van der Waals surface area contributed by atoms with Gasteiger partial charge in [0.2, 0.25) is 0 Å². The molecule has 7 heteroatoms. The van der Waals surface area contributed by atoms with Crippen LogP contribution in [0.25, 0.3) is 28.0 Å². The van der Waals surface area contributed by atoms with E-state index in [0.29, 0.717) is 24.4 Å². The smallest absolute Gasteiger partial charge is 0.178 e. The maximum Gasteiger partial charge on any atom is 0.178 e. The summed E-state index contributed by atoms with van der Waals surface area (Å²) in [5.74, 6) is 3.32. The summed E-state index contributed by atoms with van der Waals surface area (Å²) in [6.07, 6.45) is 11.7. The highest BCUT2D eigenvalue weighted by Crippen LogP contribution is 2.65. The zero-order chi connectivity index (χ0) is 38.7. The van der Waals surface area contributed by atoms with E-state index in [4.69, 9.17) is 23.7 Å². The van der Waals surface area contributed by atoms with Crippen LogP contribution < -0.4 is 18.9 Å². The molecule has 1 spiro atoms. The Morgan fingerprint density at radius 3 is 2.05 bits per heavy atom. The molecule has 2 aliphatic carbocycles. The molecule has 0 radical (unpaired) electrons. The summed E-state index contributed by atoms with van der Waals surface area (Å²) in [5.41, 5.74) is 7.99. The summed E-state index contributed by atoms with van der Waals surface area (Å²) in [4.78, 5) is 0.762. The second-order valence-electron chi connectivity index (χ2n) is 16.4. The highest BCUT2D eigenvalue weighted by Gasteiger charge is 2.52. The van der Waals surface area contributed by atoms with Crippen molar-refractivity contribution < 1.29 is 28.8 Å². The van der Waals surface area contributed by atoms with E-state index < -0.39 is 5.60 Å². The minimum absolute atomic E-state index is 0.0437. The van der Waals surface area contributed by atoms with Crippen molar-refractivity contribution in [3.05, 3.63) is 119 Å². The Balaban J connectivity index is 1.28. The molecule has 56 heavy (non-hydrogen) atoms. The third-order valence-corrected chi connectivity index (χ3v) is 14.3. The highest BCUT2D eigenvalue weighted by molar-refractivity contribution is 8.00. The molecule has 1 unspecified atom stereocenters. The van der Waals surface area contributed by atoms with Crippen molar-refractivity contribution in [3.63, 3.8) is 0 Å². The molecule has 4 aliphatic rings. The van der Waals surface area contributed by atoms with Crippen molar-refractivity contribution in [2.75, 3.05) is 33.5 Å². The predicted octanol–water partition coefficient (Wildman–Crippen LogP) is 11.5. The lowest BCUT2D eigenvalue weighted by Gasteiger charge is -2.47. The van der Waals surface area contributed by atoms with E-state index >= 15 is 0 Å². The Bertz CT molecular complexity index is 2300. The molecule has 1 fully saturated rings. The Morgan fingerprint density at radius 2 is 1.41 bits per heavy atom. The second kappa shape index (κ2) is 14.2. The third kappa shape index (κ3) is 5.92. The quantitative estimate of drug-likeness (QED) is 0.134. The van der Waals surface area contributed by atoms with Crippen molar-refractivity contribution in [2.45, 2.75) is 87.1 Å². The van der Waals surface area contributed by atoms with E-state index in [-0.39, 0.29) is 23.6 Å². The number of thioether (sulfide) groups is 1. The van der Waals surface area contributed by atoms with Crippen LogP contribution in [-0.2, 0) is 15.8 Å². The lowest BCUT2D eigenvalue weighted by molar-refractivity contribution is 0.132. The first kappa shape index (κ1) is 37.2. The van der Waals surface area contributed by atoms with Gasteiger partial charge in [0, 0.05) is 34.6 Å². The van der Waals surface area contributed by atoms with Crippen LogP contribution in [0.1, 0.15) is 94.0 Å². The van der Waals surface area contributed by atoms with Crippen molar-refractivity contribution in [1.29, 1.82) is 0 Å². The number of aliphatic hydroxyl groups is 1. The fourth-order valence-corrected chi connectivity index (χ4v) is 11.1. The van der Waals surface area contributed by atoms with Gasteiger partial charge in [0.15, 0.2) is 10.5 Å². The molecule has 0 aromatic heterocycles. The molecule has 0 saturated heterocycles. The lowest BCUT2D eigenvalue weighted by atomic mass is 9.58. The lowest BCUT2D eigenvalue weighted by Crippen LogP contribution is -2.38. The summed E-state index contributed by atoms with van der Waals surface area (Å²) in [6, 6.07) is 30.1. The Kier molecular flexibility index (Phi) is 9.42. The SMILES string of the molecule is CCC1(CC)CCC2(CC1)c1ccccc1-c1c2c2c(c3cc4c(cc13)OC(C)(C)S4)OC(c1ccc(OCCO)cc1)(c1ccc(OCCOC)cc1)C=C2. The van der Waals surface area contributed by atoms with Gasteiger partial charge < -0.3 is 28.8 Å². The highest BCUT2D eigenvalue weighted by atomic mass is 32.2. The molecule has 6 nitrogen and oxygen atoms in total. The second-order valence-corrected chi connectivity index (χ2v) is 18.0. The van der Waals surface area contributed by atoms with Gasteiger partial charge in [-0.25, -0.2) is 0 Å². The monoisotopic (exact) mass is 768 g/mol. The first-order valence-electron chi connectivity index (χ1n) is 20.3. The van der Waals surface area contributed by atoms with Gasteiger partial charge in [-0.2, -0.15) is 0 Å². The first-order chi connectivity index (χ1) is 27.2. The number of fused-ring (bicyclic) bond motifs is 11. The summed E-state index contributed by atoms with van der Waals surface area (Å²) in [7, 11) is 1.68. The zero-order valence-electron chi connectivity index (χ0n) is 33.2. The van der Waals surface area contributed by atoms with Crippen LogP contribution in [0.4, 0.5) is 0 Å². The molecule has 2 aliphatic heterocycles. The molecule has 5 aromatic rings. The van der Waals surface area contributed by atoms with E-state index in [1.165, 1.54) is 58.9 Å². The number of aliphatic hydroxyl groups excluding tert-OH is 1. The third-order valence-electron chi connectivity index (χ3n) is 13.2. The van der Waals surface area contributed by atoms with Gasteiger partial charge in [-0.1, -0.05) is 93.1 Å². The molecular formula is C49H52O6S. The largest absolute Gasteiger partial charge is 0.491 e. The summed E-state index contributed by atoms with van der Waals surface area (Å²) in [5, 5.41) is 11.7. The van der Waals surface area contributed by atoms with Gasteiger partial charge in [-0.3, -0.25) is 0 Å². The topological polar surface area (TPSA) is 66.4 Å². The minimum atomic E-state index is -0.957. The zero-order valence-corrected chi connectivity index (χ0v) is 34.0. The molecule has 1 saturated carbocycles. The molecule has 2 heterocycles. The molecule has 1 atom stereocenters. The van der Waals surface area contributed by atoms with Gasteiger partial charge in [0.05, 0.1) is 18.1 Å². The maximum atomic E-state index is 9.42. The van der Waals surface area contributed by atoms with Crippen molar-refractivity contribution in [3.8, 4) is 34.1 Å². The summed E-state index contributed by atoms with van der Waals surface area (Å²) < 4.78 is 31.4. The van der Waals surface area contributed by atoms with E-state index in [2.05, 4.69) is 101 Å². The molecule has 1 N–H and O–H groups in total. The van der Waals surface area contributed by atoms with Gasteiger partial charge in [0.1, 0.15) is 36.2 Å². The minimum Gasteiger partial charge on any atom is -0.491 e. The standard InChI is InChI=1S/C49H52O6S/c1-6-47(7-2)22-24-48(25-23-47)40-11-9-8-10-36(40)43-38-30-41-42(56-46(3,4)54-41)31-39(38)45-37(44(43)48)20-21-49(55-45,32-12-16-34(17-13-32)52-27-26-50)33-14-18-35(19-15-33)53-29-28-51-5/h8-21,30-31,50H,6-7,22-29H2,1-5H3. The van der Waals surface area contributed by atoms with Gasteiger partial charge in [-0.05, 0) is 115 Å². The number of benzene rings is 5. The van der Waals surface area contributed by atoms with Crippen molar-refractivity contribution in [1.82, 2.24) is 0 Å². The normalized spacial score (nSPS) is 20.5. The van der Waals surface area contributed by atoms with Crippen LogP contribution in [-0.4, -0.2) is 43.6 Å². The Morgan fingerprint density at radius 1 is 0.750 bits per heavy atom. The molecule has 290 valence electrons. The van der Waals surface area contributed by atoms with E-state index in [9.17, 15) is 5.11 Å². The number of methoxy groups -OCH3 is 1. The van der Waals surface area contributed by atoms with Gasteiger partial charge in [0.25, 0.3) is 0 Å². The Hall–Kier alpha value is -4.43. The first-order valence-corrected chi connectivity index (χ1v) is 21.1. The fourth-order valence-electron chi connectivity index (χ4n) is 10.1. The van der Waals surface area contributed by atoms with E-state index in [0.717, 1.165) is 51.5 Å². The van der Waals surface area contributed by atoms with Crippen LogP contribution in [0.15, 0.2) is 95.9 Å². The molecule has 5 aromatic carbocycles. The number of hydrogen-bond donors (Lipinski definition) is 1. The van der Waals surface area contributed by atoms with Crippen molar-refractivity contribution >= 4 is 28.6 Å². The average molecular weight is 769 g/mol. The molecule has 0 bridgehead atoms. The number of ether oxygens (including phenoxy) is 5. The Labute approximate surface area is 335 Å². The number of rotatable bonds is 11. The predicted molar refractivity (Wildman–Crippen MR) is 225 cm³/mol. The van der Waals surface area contributed by atoms with E-state index in [1.807, 2.05) is 24.3 Å². The van der Waals surface area contributed by atoms with Crippen LogP contribution >= 0.6 is 11.8 Å². The molecule has 0 amide bonds. The van der Waals surface area contributed by atoms with Crippen LogP contribution in [0, 0.1) is 5.41 Å². The average Bonchev–Trinajstić information content (AvgIpc) is 3.69. The van der Waals surface area contributed by atoms with Gasteiger partial charge in [-0.15, -0.1) is 0 Å². The summed E-state index contributed by atoms with van der Waals surface area (Å²) in [6.45, 7) is 10.2.